The number of hydrogen-bond acceptors (Lipinski definition) is 3. The third-order valence-electron chi connectivity index (χ3n) is 4.77. The predicted octanol–water partition coefficient (Wildman–Crippen LogP) is 3.19. The van der Waals surface area contributed by atoms with E-state index in [9.17, 15) is 0 Å². The fourth-order valence-corrected chi connectivity index (χ4v) is 3.64. The highest BCUT2D eigenvalue weighted by molar-refractivity contribution is 4.87. The lowest BCUT2D eigenvalue weighted by molar-refractivity contribution is -0.0882. The van der Waals surface area contributed by atoms with Gasteiger partial charge in [0.05, 0.1) is 12.7 Å². The van der Waals surface area contributed by atoms with Crippen molar-refractivity contribution in [1.29, 1.82) is 0 Å². The molecule has 0 amide bonds. The van der Waals surface area contributed by atoms with Crippen LogP contribution in [0.1, 0.15) is 65.2 Å². The zero-order valence-corrected chi connectivity index (χ0v) is 13.6. The fourth-order valence-electron chi connectivity index (χ4n) is 3.64. The SMILES string of the molecule is CC(C)NCCCCCCN1CCOC2CCCCC21. The zero-order valence-electron chi connectivity index (χ0n) is 13.6. The van der Waals surface area contributed by atoms with Gasteiger partial charge >= 0.3 is 0 Å². The molecule has 1 aliphatic carbocycles. The Morgan fingerprint density at radius 3 is 2.75 bits per heavy atom. The average Bonchev–Trinajstić information content (AvgIpc) is 2.46. The molecule has 20 heavy (non-hydrogen) atoms. The third kappa shape index (κ3) is 5.34. The van der Waals surface area contributed by atoms with Crippen molar-refractivity contribution in [2.45, 2.75) is 83.4 Å². The van der Waals surface area contributed by atoms with Crippen LogP contribution in [-0.4, -0.2) is 49.3 Å². The summed E-state index contributed by atoms with van der Waals surface area (Å²) in [6.07, 6.45) is 11.4. The standard InChI is InChI=1S/C17H34N2O/c1-15(2)18-11-7-3-4-8-12-19-13-14-20-17-10-6-5-9-16(17)19/h15-18H,3-14H2,1-2H3. The molecular formula is C17H34N2O. The number of morpholine rings is 1. The molecule has 2 atom stereocenters. The number of rotatable bonds is 8. The molecule has 118 valence electrons. The number of ether oxygens (including phenoxy) is 1. The molecule has 0 bridgehead atoms. The zero-order chi connectivity index (χ0) is 14.2. The number of hydrogen-bond donors (Lipinski definition) is 1. The van der Waals surface area contributed by atoms with Crippen molar-refractivity contribution in [2.75, 3.05) is 26.2 Å². The Hall–Kier alpha value is -0.120. The van der Waals surface area contributed by atoms with E-state index in [1.165, 1.54) is 64.5 Å². The smallest absolute Gasteiger partial charge is 0.0730 e. The van der Waals surface area contributed by atoms with Crippen LogP contribution in [0.25, 0.3) is 0 Å². The van der Waals surface area contributed by atoms with Crippen LogP contribution in [0.4, 0.5) is 0 Å². The third-order valence-corrected chi connectivity index (χ3v) is 4.77. The van der Waals surface area contributed by atoms with E-state index in [-0.39, 0.29) is 0 Å². The van der Waals surface area contributed by atoms with Crippen molar-refractivity contribution in [3.05, 3.63) is 0 Å². The van der Waals surface area contributed by atoms with E-state index >= 15 is 0 Å². The van der Waals surface area contributed by atoms with Gasteiger partial charge in [0.2, 0.25) is 0 Å². The van der Waals surface area contributed by atoms with Crippen LogP contribution in [-0.2, 0) is 4.74 Å². The van der Waals surface area contributed by atoms with E-state index in [1.54, 1.807) is 0 Å². The van der Waals surface area contributed by atoms with E-state index in [1.807, 2.05) is 0 Å². The average molecular weight is 282 g/mol. The van der Waals surface area contributed by atoms with E-state index in [2.05, 4.69) is 24.1 Å². The largest absolute Gasteiger partial charge is 0.375 e. The Morgan fingerprint density at radius 1 is 1.10 bits per heavy atom. The van der Waals surface area contributed by atoms with Crippen molar-refractivity contribution in [3.8, 4) is 0 Å². The van der Waals surface area contributed by atoms with Gasteiger partial charge in [-0.25, -0.2) is 0 Å². The van der Waals surface area contributed by atoms with E-state index < -0.39 is 0 Å². The van der Waals surface area contributed by atoms with Gasteiger partial charge in [-0.1, -0.05) is 39.5 Å². The molecule has 0 radical (unpaired) electrons. The van der Waals surface area contributed by atoms with Gasteiger partial charge in [0.25, 0.3) is 0 Å². The van der Waals surface area contributed by atoms with Gasteiger partial charge in [0.15, 0.2) is 0 Å². The van der Waals surface area contributed by atoms with Gasteiger partial charge in [0.1, 0.15) is 0 Å². The van der Waals surface area contributed by atoms with Crippen LogP contribution in [0.15, 0.2) is 0 Å². The second-order valence-electron chi connectivity index (χ2n) is 6.82. The summed E-state index contributed by atoms with van der Waals surface area (Å²) >= 11 is 0. The first-order valence-corrected chi connectivity index (χ1v) is 8.86. The van der Waals surface area contributed by atoms with Gasteiger partial charge in [0, 0.05) is 18.6 Å². The van der Waals surface area contributed by atoms with Crippen LogP contribution in [0.3, 0.4) is 0 Å². The molecule has 0 aromatic rings. The van der Waals surface area contributed by atoms with Crippen molar-refractivity contribution in [1.82, 2.24) is 10.2 Å². The molecule has 2 aliphatic rings. The summed E-state index contributed by atoms with van der Waals surface area (Å²) in [7, 11) is 0. The fraction of sp³-hybridized carbons (Fsp3) is 1.00. The monoisotopic (exact) mass is 282 g/mol. The molecular weight excluding hydrogens is 248 g/mol. The lowest BCUT2D eigenvalue weighted by Crippen LogP contribution is -2.52. The van der Waals surface area contributed by atoms with Crippen LogP contribution >= 0.6 is 0 Å². The Balaban J connectivity index is 1.54. The first kappa shape index (κ1) is 16.3. The number of unbranched alkanes of at least 4 members (excludes halogenated alkanes) is 3. The summed E-state index contributed by atoms with van der Waals surface area (Å²) in [6, 6.07) is 1.37. The van der Waals surface area contributed by atoms with Gasteiger partial charge < -0.3 is 10.1 Å². The molecule has 2 rings (SSSR count). The van der Waals surface area contributed by atoms with Crippen molar-refractivity contribution >= 4 is 0 Å². The summed E-state index contributed by atoms with van der Waals surface area (Å²) in [5, 5.41) is 3.50. The normalized spacial score (nSPS) is 27.8. The van der Waals surface area contributed by atoms with Crippen molar-refractivity contribution in [3.63, 3.8) is 0 Å². The summed E-state index contributed by atoms with van der Waals surface area (Å²) in [4.78, 5) is 2.72. The number of nitrogens with zero attached hydrogens (tertiary/aromatic N) is 1. The number of fused-ring (bicyclic) bond motifs is 1. The quantitative estimate of drug-likeness (QED) is 0.692. The second-order valence-corrected chi connectivity index (χ2v) is 6.82. The molecule has 3 heteroatoms. The second kappa shape index (κ2) is 9.01. The Kier molecular flexibility index (Phi) is 7.32. The van der Waals surface area contributed by atoms with Gasteiger partial charge in [-0.2, -0.15) is 0 Å². The molecule has 2 unspecified atom stereocenters. The lowest BCUT2D eigenvalue weighted by atomic mass is 9.90. The molecule has 1 saturated heterocycles. The molecule has 0 aromatic heterocycles. The molecule has 3 nitrogen and oxygen atoms in total. The van der Waals surface area contributed by atoms with Crippen LogP contribution < -0.4 is 5.32 Å². The minimum absolute atomic E-state index is 0.549. The Bertz CT molecular complexity index is 255. The highest BCUT2D eigenvalue weighted by atomic mass is 16.5. The van der Waals surface area contributed by atoms with E-state index in [4.69, 9.17) is 4.74 Å². The molecule has 1 aliphatic heterocycles. The van der Waals surface area contributed by atoms with Crippen LogP contribution in [0, 0.1) is 0 Å². The molecule has 0 spiro atoms. The highest BCUT2D eigenvalue weighted by Crippen LogP contribution is 2.28. The molecule has 1 heterocycles. The Morgan fingerprint density at radius 2 is 1.90 bits per heavy atom. The maximum Gasteiger partial charge on any atom is 0.0730 e. The maximum absolute atomic E-state index is 5.94. The van der Waals surface area contributed by atoms with Crippen molar-refractivity contribution in [2.24, 2.45) is 0 Å². The topological polar surface area (TPSA) is 24.5 Å². The highest BCUT2D eigenvalue weighted by Gasteiger charge is 2.33. The first-order chi connectivity index (χ1) is 9.77. The summed E-state index contributed by atoms with van der Waals surface area (Å²) in [5.41, 5.74) is 0. The Labute approximate surface area is 125 Å². The minimum atomic E-state index is 0.549. The summed E-state index contributed by atoms with van der Waals surface area (Å²) in [5.74, 6) is 0. The summed E-state index contributed by atoms with van der Waals surface area (Å²) in [6.45, 7) is 9.04. The first-order valence-electron chi connectivity index (χ1n) is 8.86. The maximum atomic E-state index is 5.94. The minimum Gasteiger partial charge on any atom is -0.375 e. The molecule has 1 N–H and O–H groups in total. The van der Waals surface area contributed by atoms with Gasteiger partial charge in [-0.15, -0.1) is 0 Å². The predicted molar refractivity (Wildman–Crippen MR) is 85.2 cm³/mol. The van der Waals surface area contributed by atoms with Crippen molar-refractivity contribution < 1.29 is 4.74 Å². The van der Waals surface area contributed by atoms with Crippen LogP contribution in [0.5, 0.6) is 0 Å². The van der Waals surface area contributed by atoms with Gasteiger partial charge in [-0.3, -0.25) is 4.90 Å². The lowest BCUT2D eigenvalue weighted by Gasteiger charge is -2.43. The summed E-state index contributed by atoms with van der Waals surface area (Å²) < 4.78 is 5.94. The number of nitrogens with one attached hydrogen (secondary N) is 1. The molecule has 1 saturated carbocycles. The van der Waals surface area contributed by atoms with E-state index in [0.717, 1.165) is 19.2 Å². The molecule has 0 aromatic carbocycles. The van der Waals surface area contributed by atoms with E-state index in [0.29, 0.717) is 12.1 Å². The van der Waals surface area contributed by atoms with Gasteiger partial charge in [-0.05, 0) is 38.8 Å². The van der Waals surface area contributed by atoms with Crippen LogP contribution in [0.2, 0.25) is 0 Å². The molecule has 2 fully saturated rings.